The van der Waals surface area contributed by atoms with Crippen LogP contribution in [0, 0.1) is 12.3 Å². The van der Waals surface area contributed by atoms with Gasteiger partial charge in [0.05, 0.1) is 0 Å². The van der Waals surface area contributed by atoms with E-state index in [-0.39, 0.29) is 5.41 Å². The van der Waals surface area contributed by atoms with Crippen molar-refractivity contribution in [3.8, 4) is 0 Å². The SMILES string of the molecule is C=C(Cc1cccc2c(C)cccc12)C(C)(C)CC. The minimum absolute atomic E-state index is 0.214. The van der Waals surface area contributed by atoms with Crippen molar-refractivity contribution in [2.45, 2.75) is 40.5 Å². The van der Waals surface area contributed by atoms with Gasteiger partial charge in [0, 0.05) is 0 Å². The lowest BCUT2D eigenvalue weighted by molar-refractivity contribution is 0.422. The summed E-state index contributed by atoms with van der Waals surface area (Å²) in [6, 6.07) is 13.2. The van der Waals surface area contributed by atoms with E-state index in [1.54, 1.807) is 0 Å². The number of fused-ring (bicyclic) bond motifs is 1. The molecule has 0 radical (unpaired) electrons. The molecular weight excluding hydrogens is 228 g/mol. The summed E-state index contributed by atoms with van der Waals surface area (Å²) in [6.07, 6.45) is 2.11. The molecule has 2 aromatic carbocycles. The van der Waals surface area contributed by atoms with Gasteiger partial charge in [0.2, 0.25) is 0 Å². The van der Waals surface area contributed by atoms with Gasteiger partial charge in [-0.3, -0.25) is 0 Å². The number of rotatable bonds is 4. The molecule has 2 rings (SSSR count). The Labute approximate surface area is 117 Å². The molecule has 0 heteroatoms. The highest BCUT2D eigenvalue weighted by Gasteiger charge is 2.19. The second-order valence-corrected chi connectivity index (χ2v) is 6.10. The Morgan fingerprint density at radius 3 is 2.37 bits per heavy atom. The van der Waals surface area contributed by atoms with Crippen LogP contribution in [0.1, 0.15) is 38.3 Å². The lowest BCUT2D eigenvalue weighted by Gasteiger charge is -2.26. The highest BCUT2D eigenvalue weighted by molar-refractivity contribution is 5.88. The van der Waals surface area contributed by atoms with Crippen molar-refractivity contribution < 1.29 is 0 Å². The van der Waals surface area contributed by atoms with Gasteiger partial charge in [0.15, 0.2) is 0 Å². The van der Waals surface area contributed by atoms with Crippen molar-refractivity contribution in [1.29, 1.82) is 0 Å². The second kappa shape index (κ2) is 5.21. The van der Waals surface area contributed by atoms with Crippen LogP contribution in [-0.2, 0) is 6.42 Å². The first kappa shape index (κ1) is 13.9. The van der Waals surface area contributed by atoms with Crippen LogP contribution in [0.2, 0.25) is 0 Å². The highest BCUT2D eigenvalue weighted by Crippen LogP contribution is 2.33. The molecule has 0 heterocycles. The van der Waals surface area contributed by atoms with Crippen molar-refractivity contribution in [2.75, 3.05) is 0 Å². The number of benzene rings is 2. The predicted molar refractivity (Wildman–Crippen MR) is 85.6 cm³/mol. The predicted octanol–water partition coefficient (Wildman–Crippen LogP) is 5.68. The maximum absolute atomic E-state index is 4.32. The summed E-state index contributed by atoms with van der Waals surface area (Å²) in [4.78, 5) is 0. The van der Waals surface area contributed by atoms with Crippen LogP contribution in [-0.4, -0.2) is 0 Å². The number of hydrogen-bond donors (Lipinski definition) is 0. The third-order valence-corrected chi connectivity index (χ3v) is 4.48. The summed E-state index contributed by atoms with van der Waals surface area (Å²) >= 11 is 0. The van der Waals surface area contributed by atoms with Crippen LogP contribution in [0.5, 0.6) is 0 Å². The smallest absolute Gasteiger partial charge is 0.00583 e. The number of hydrogen-bond acceptors (Lipinski definition) is 0. The molecule has 19 heavy (non-hydrogen) atoms. The average molecular weight is 252 g/mol. The average Bonchev–Trinajstić information content (AvgIpc) is 2.40. The number of aryl methyl sites for hydroxylation is 1. The molecule has 0 N–H and O–H groups in total. The van der Waals surface area contributed by atoms with Gasteiger partial charge in [-0.2, -0.15) is 0 Å². The molecular formula is C19H24. The Morgan fingerprint density at radius 2 is 1.68 bits per heavy atom. The first-order chi connectivity index (χ1) is 8.95. The van der Waals surface area contributed by atoms with Crippen molar-refractivity contribution in [3.05, 3.63) is 59.7 Å². The van der Waals surface area contributed by atoms with Crippen LogP contribution in [0.3, 0.4) is 0 Å². The van der Waals surface area contributed by atoms with Crippen molar-refractivity contribution in [2.24, 2.45) is 5.41 Å². The molecule has 0 unspecified atom stereocenters. The van der Waals surface area contributed by atoms with E-state index in [0.29, 0.717) is 0 Å². The maximum atomic E-state index is 4.32. The normalized spacial score (nSPS) is 11.8. The zero-order valence-electron chi connectivity index (χ0n) is 12.6. The fraction of sp³-hybridized carbons (Fsp3) is 0.368. The van der Waals surface area contributed by atoms with Crippen LogP contribution < -0.4 is 0 Å². The van der Waals surface area contributed by atoms with Crippen LogP contribution in [0.4, 0.5) is 0 Å². The Kier molecular flexibility index (Phi) is 3.80. The standard InChI is InChI=1S/C19H24/c1-6-19(4,5)15(3)13-16-10-8-11-17-14(2)9-7-12-18(16)17/h7-12H,3,6,13H2,1-2,4-5H3. The number of allylic oxidation sites excluding steroid dienone is 1. The Morgan fingerprint density at radius 1 is 1.05 bits per heavy atom. The van der Waals surface area contributed by atoms with Gasteiger partial charge in [-0.15, -0.1) is 0 Å². The summed E-state index contributed by atoms with van der Waals surface area (Å²) in [5.41, 5.74) is 4.28. The summed E-state index contributed by atoms with van der Waals surface area (Å²) in [5.74, 6) is 0. The summed E-state index contributed by atoms with van der Waals surface area (Å²) in [6.45, 7) is 13.3. The van der Waals surface area contributed by atoms with E-state index in [0.717, 1.165) is 12.8 Å². The molecule has 0 bridgehead atoms. The first-order valence-electron chi connectivity index (χ1n) is 7.11. The van der Waals surface area contributed by atoms with Crippen LogP contribution >= 0.6 is 0 Å². The second-order valence-electron chi connectivity index (χ2n) is 6.10. The fourth-order valence-corrected chi connectivity index (χ4v) is 2.41. The minimum atomic E-state index is 0.214. The molecule has 0 fully saturated rings. The Balaban J connectivity index is 2.42. The van der Waals surface area contributed by atoms with Gasteiger partial charge in [-0.25, -0.2) is 0 Å². The zero-order valence-corrected chi connectivity index (χ0v) is 12.6. The van der Waals surface area contributed by atoms with E-state index in [1.165, 1.54) is 27.5 Å². The van der Waals surface area contributed by atoms with E-state index in [2.05, 4.69) is 70.7 Å². The molecule has 0 amide bonds. The highest BCUT2D eigenvalue weighted by atomic mass is 14.2. The van der Waals surface area contributed by atoms with E-state index in [1.807, 2.05) is 0 Å². The van der Waals surface area contributed by atoms with Crippen molar-refractivity contribution in [3.63, 3.8) is 0 Å². The Hall–Kier alpha value is -1.56. The van der Waals surface area contributed by atoms with Gasteiger partial charge >= 0.3 is 0 Å². The zero-order chi connectivity index (χ0) is 14.0. The molecule has 0 nitrogen and oxygen atoms in total. The molecule has 0 aliphatic heterocycles. The molecule has 0 atom stereocenters. The summed E-state index contributed by atoms with van der Waals surface area (Å²) in [5, 5.41) is 2.73. The van der Waals surface area contributed by atoms with Gasteiger partial charge in [0.25, 0.3) is 0 Å². The topological polar surface area (TPSA) is 0 Å². The lowest BCUT2D eigenvalue weighted by atomic mass is 9.79. The molecule has 0 spiro atoms. The fourth-order valence-electron chi connectivity index (χ4n) is 2.41. The molecule has 0 saturated carbocycles. The molecule has 0 aliphatic rings. The van der Waals surface area contributed by atoms with E-state index >= 15 is 0 Å². The van der Waals surface area contributed by atoms with Gasteiger partial charge < -0.3 is 0 Å². The van der Waals surface area contributed by atoms with Crippen LogP contribution in [0.15, 0.2) is 48.6 Å². The molecule has 2 aromatic rings. The van der Waals surface area contributed by atoms with E-state index in [9.17, 15) is 0 Å². The monoisotopic (exact) mass is 252 g/mol. The summed E-state index contributed by atoms with van der Waals surface area (Å²) in [7, 11) is 0. The molecule has 100 valence electrons. The van der Waals surface area contributed by atoms with Gasteiger partial charge in [-0.05, 0) is 47.1 Å². The van der Waals surface area contributed by atoms with E-state index in [4.69, 9.17) is 0 Å². The third kappa shape index (κ3) is 2.73. The third-order valence-electron chi connectivity index (χ3n) is 4.48. The van der Waals surface area contributed by atoms with Crippen LogP contribution in [0.25, 0.3) is 10.8 Å². The molecule has 0 aromatic heterocycles. The van der Waals surface area contributed by atoms with Crippen molar-refractivity contribution >= 4 is 10.8 Å². The molecule has 0 saturated heterocycles. The van der Waals surface area contributed by atoms with Gasteiger partial charge in [0.1, 0.15) is 0 Å². The largest absolute Gasteiger partial charge is 0.0990 e. The summed E-state index contributed by atoms with van der Waals surface area (Å²) < 4.78 is 0. The minimum Gasteiger partial charge on any atom is -0.0990 e. The van der Waals surface area contributed by atoms with Crippen molar-refractivity contribution in [1.82, 2.24) is 0 Å². The maximum Gasteiger partial charge on any atom is -0.00583 e. The van der Waals surface area contributed by atoms with E-state index < -0.39 is 0 Å². The lowest BCUT2D eigenvalue weighted by Crippen LogP contribution is -2.14. The first-order valence-corrected chi connectivity index (χ1v) is 7.11. The van der Waals surface area contributed by atoms with Gasteiger partial charge in [-0.1, -0.05) is 69.3 Å². The molecule has 0 aliphatic carbocycles. The Bertz CT molecular complexity index is 602. The quantitative estimate of drug-likeness (QED) is 0.614.